The molecule has 0 radical (unpaired) electrons. The number of likely N-dealkylation sites (N-methyl/N-ethyl adjacent to an activating group) is 1. The fourth-order valence-corrected chi connectivity index (χ4v) is 1.68. The average molecular weight is 239 g/mol. The van der Waals surface area contributed by atoms with Crippen molar-refractivity contribution in [1.29, 1.82) is 0 Å². The highest BCUT2D eigenvalue weighted by atomic mass is 16.2. The van der Waals surface area contributed by atoms with Crippen molar-refractivity contribution in [3.63, 3.8) is 0 Å². The quantitative estimate of drug-likeness (QED) is 0.787. The fourth-order valence-electron chi connectivity index (χ4n) is 1.68. The summed E-state index contributed by atoms with van der Waals surface area (Å²) in [6.45, 7) is 6.05. The van der Waals surface area contributed by atoms with E-state index in [4.69, 9.17) is 5.73 Å². The molecule has 6 heteroatoms. The maximum atomic E-state index is 12.2. The number of aromatic amines is 1. The molecule has 0 aliphatic carbocycles. The number of nitrogens with two attached hydrogens (primary N) is 1. The summed E-state index contributed by atoms with van der Waals surface area (Å²) in [4.78, 5) is 17.9. The van der Waals surface area contributed by atoms with E-state index in [1.54, 1.807) is 11.9 Å². The molecular weight excluding hydrogens is 218 g/mol. The first-order chi connectivity index (χ1) is 7.92. The van der Waals surface area contributed by atoms with Gasteiger partial charge in [0.2, 0.25) is 5.91 Å². The zero-order valence-electron chi connectivity index (χ0n) is 10.9. The van der Waals surface area contributed by atoms with Crippen LogP contribution >= 0.6 is 0 Å². The summed E-state index contributed by atoms with van der Waals surface area (Å²) in [5, 5.41) is 6.75. The summed E-state index contributed by atoms with van der Waals surface area (Å²) in [7, 11) is 1.72. The number of rotatable bonds is 5. The Balaban J connectivity index is 2.70. The summed E-state index contributed by atoms with van der Waals surface area (Å²) in [6, 6.07) is 0. The monoisotopic (exact) mass is 239 g/mol. The molecule has 0 aromatic carbocycles. The first-order valence-electron chi connectivity index (χ1n) is 5.85. The molecule has 3 N–H and O–H groups in total. The average Bonchev–Trinajstić information content (AvgIpc) is 2.72. The van der Waals surface area contributed by atoms with Crippen LogP contribution in [0.25, 0.3) is 0 Å². The number of H-pyrrole nitrogens is 1. The number of carbonyl (C=O) groups is 1. The van der Waals surface area contributed by atoms with Crippen LogP contribution in [0.1, 0.15) is 38.3 Å². The van der Waals surface area contributed by atoms with Gasteiger partial charge >= 0.3 is 0 Å². The van der Waals surface area contributed by atoms with Gasteiger partial charge < -0.3 is 10.6 Å². The molecule has 1 aromatic rings. The van der Waals surface area contributed by atoms with Crippen LogP contribution in [-0.2, 0) is 11.3 Å². The number of aryl methyl sites for hydroxylation is 1. The molecule has 1 aromatic heterocycles. The fraction of sp³-hybridized carbons (Fsp3) is 0.727. The van der Waals surface area contributed by atoms with Crippen molar-refractivity contribution in [1.82, 2.24) is 20.1 Å². The number of amides is 1. The lowest BCUT2D eigenvalue weighted by Gasteiger charge is -2.30. The highest BCUT2D eigenvalue weighted by molar-refractivity contribution is 5.85. The molecule has 1 amide bonds. The Labute approximate surface area is 102 Å². The van der Waals surface area contributed by atoms with E-state index in [1.807, 2.05) is 20.8 Å². The van der Waals surface area contributed by atoms with Gasteiger partial charge in [-0.3, -0.25) is 9.89 Å². The van der Waals surface area contributed by atoms with Gasteiger partial charge in [-0.05, 0) is 19.8 Å². The first kappa shape index (κ1) is 13.6. The molecule has 1 heterocycles. The molecule has 0 aliphatic rings. The number of hydrogen-bond acceptors (Lipinski definition) is 4. The molecule has 0 fully saturated rings. The lowest BCUT2D eigenvalue weighted by atomic mass is 9.92. The third-order valence-corrected chi connectivity index (χ3v) is 3.06. The number of nitrogens with zero attached hydrogens (tertiary/aromatic N) is 3. The van der Waals surface area contributed by atoms with Crippen molar-refractivity contribution in [2.24, 2.45) is 5.73 Å². The minimum Gasteiger partial charge on any atom is -0.337 e. The Bertz CT molecular complexity index is 383. The van der Waals surface area contributed by atoms with Crippen molar-refractivity contribution in [2.45, 2.75) is 45.7 Å². The van der Waals surface area contributed by atoms with E-state index in [0.717, 1.165) is 5.82 Å². The molecule has 0 aliphatic heterocycles. The Morgan fingerprint density at radius 2 is 2.06 bits per heavy atom. The van der Waals surface area contributed by atoms with E-state index in [-0.39, 0.29) is 5.91 Å². The van der Waals surface area contributed by atoms with Gasteiger partial charge in [-0.25, -0.2) is 4.98 Å². The van der Waals surface area contributed by atoms with Gasteiger partial charge in [0, 0.05) is 7.05 Å². The minimum absolute atomic E-state index is 0.0649. The SMILES string of the molecule is CCC(N)(CC)C(=O)N(C)Cc1n[nH]c(C)n1. The van der Waals surface area contributed by atoms with Crippen molar-refractivity contribution in [2.75, 3.05) is 7.05 Å². The van der Waals surface area contributed by atoms with Crippen LogP contribution in [0.5, 0.6) is 0 Å². The second-order valence-electron chi connectivity index (χ2n) is 4.36. The standard InChI is InChI=1S/C11H21N5O/c1-5-11(12,6-2)10(17)16(4)7-9-13-8(3)14-15-9/h5-7,12H2,1-4H3,(H,13,14,15). The van der Waals surface area contributed by atoms with Gasteiger partial charge in [0.1, 0.15) is 5.82 Å². The van der Waals surface area contributed by atoms with E-state index in [2.05, 4.69) is 15.2 Å². The predicted octanol–water partition coefficient (Wildman–Crippen LogP) is 0.589. The molecule has 0 saturated carbocycles. The predicted molar refractivity (Wildman–Crippen MR) is 65.1 cm³/mol. The topological polar surface area (TPSA) is 87.9 Å². The highest BCUT2D eigenvalue weighted by Gasteiger charge is 2.32. The Kier molecular flexibility index (Phi) is 4.22. The third-order valence-electron chi connectivity index (χ3n) is 3.06. The van der Waals surface area contributed by atoms with Crippen molar-refractivity contribution in [3.05, 3.63) is 11.6 Å². The van der Waals surface area contributed by atoms with E-state index in [0.29, 0.717) is 25.2 Å². The summed E-state index contributed by atoms with van der Waals surface area (Å²) >= 11 is 0. The molecule has 0 atom stereocenters. The first-order valence-corrected chi connectivity index (χ1v) is 5.85. The minimum atomic E-state index is -0.778. The van der Waals surface area contributed by atoms with Gasteiger partial charge in [0.05, 0.1) is 12.1 Å². The lowest BCUT2D eigenvalue weighted by Crippen LogP contribution is -2.53. The van der Waals surface area contributed by atoms with E-state index in [9.17, 15) is 4.79 Å². The maximum absolute atomic E-state index is 12.2. The largest absolute Gasteiger partial charge is 0.337 e. The molecule has 1 rings (SSSR count). The van der Waals surface area contributed by atoms with E-state index < -0.39 is 5.54 Å². The summed E-state index contributed by atoms with van der Waals surface area (Å²) in [5.41, 5.74) is 5.28. The van der Waals surface area contributed by atoms with Crippen molar-refractivity contribution < 1.29 is 4.79 Å². The van der Waals surface area contributed by atoms with Crippen molar-refractivity contribution >= 4 is 5.91 Å². The van der Waals surface area contributed by atoms with Gasteiger partial charge in [0.25, 0.3) is 0 Å². The molecule has 17 heavy (non-hydrogen) atoms. The maximum Gasteiger partial charge on any atom is 0.242 e. The summed E-state index contributed by atoms with van der Waals surface area (Å²) in [5.74, 6) is 1.28. The van der Waals surface area contributed by atoms with Crippen LogP contribution in [0.3, 0.4) is 0 Å². The van der Waals surface area contributed by atoms with Crippen LogP contribution in [0.2, 0.25) is 0 Å². The lowest BCUT2D eigenvalue weighted by molar-refractivity contribution is -0.136. The van der Waals surface area contributed by atoms with Crippen LogP contribution < -0.4 is 5.73 Å². The van der Waals surface area contributed by atoms with Gasteiger partial charge in [-0.2, -0.15) is 5.10 Å². The number of aromatic nitrogens is 3. The zero-order valence-corrected chi connectivity index (χ0v) is 10.9. The van der Waals surface area contributed by atoms with Crippen LogP contribution in [0, 0.1) is 6.92 Å². The molecule has 0 unspecified atom stereocenters. The highest BCUT2D eigenvalue weighted by Crippen LogP contribution is 2.15. The van der Waals surface area contributed by atoms with Crippen LogP contribution in [-0.4, -0.2) is 38.6 Å². The third kappa shape index (κ3) is 3.03. The Morgan fingerprint density at radius 1 is 1.47 bits per heavy atom. The van der Waals surface area contributed by atoms with Gasteiger partial charge in [-0.15, -0.1) is 0 Å². The zero-order chi connectivity index (χ0) is 13.1. The normalized spacial score (nSPS) is 11.6. The molecule has 0 spiro atoms. The van der Waals surface area contributed by atoms with Crippen LogP contribution in [0.15, 0.2) is 0 Å². The van der Waals surface area contributed by atoms with E-state index in [1.165, 1.54) is 0 Å². The molecule has 6 nitrogen and oxygen atoms in total. The molecule has 0 bridgehead atoms. The Hall–Kier alpha value is -1.43. The Morgan fingerprint density at radius 3 is 2.47 bits per heavy atom. The van der Waals surface area contributed by atoms with Crippen molar-refractivity contribution in [3.8, 4) is 0 Å². The number of carbonyl (C=O) groups excluding carboxylic acids is 1. The summed E-state index contributed by atoms with van der Waals surface area (Å²) in [6.07, 6.45) is 1.25. The molecular formula is C11H21N5O. The van der Waals surface area contributed by atoms with Gasteiger partial charge in [0.15, 0.2) is 5.82 Å². The van der Waals surface area contributed by atoms with E-state index >= 15 is 0 Å². The molecule has 96 valence electrons. The second kappa shape index (κ2) is 5.27. The van der Waals surface area contributed by atoms with Gasteiger partial charge in [-0.1, -0.05) is 13.8 Å². The molecule has 0 saturated heterocycles. The summed E-state index contributed by atoms with van der Waals surface area (Å²) < 4.78 is 0. The number of nitrogens with one attached hydrogen (secondary N) is 1. The smallest absolute Gasteiger partial charge is 0.242 e. The number of hydrogen-bond donors (Lipinski definition) is 2. The second-order valence-corrected chi connectivity index (χ2v) is 4.36. The van der Waals surface area contributed by atoms with Crippen LogP contribution in [0.4, 0.5) is 0 Å².